The second-order valence-corrected chi connectivity index (χ2v) is 1.64. The molecule has 0 amide bonds. The molecule has 12 heavy (non-hydrogen) atoms. The molecule has 0 aromatic carbocycles. The topological polar surface area (TPSA) is 142 Å². The molecular weight excluding hydrogens is 347 g/mol. The molecule has 0 radical (unpaired) electrons. The predicted octanol–water partition coefficient (Wildman–Crippen LogP) is 1.61. The van der Waals surface area contributed by atoms with Crippen LogP contribution in [0.15, 0.2) is 0 Å². The molecule has 0 aromatic rings. The number of aliphatic carboxylic acids is 2. The Morgan fingerprint density at radius 3 is 1.42 bits per heavy atom. The summed E-state index contributed by atoms with van der Waals surface area (Å²) in [6, 6.07) is 0. The number of hydrogen-bond donors (Lipinski definition) is 2. The minimum Gasteiger partial charge on any atom is -0.693 e. The molecule has 0 aliphatic heterocycles. The molecule has 0 aliphatic carbocycles. The summed E-state index contributed by atoms with van der Waals surface area (Å²) in [5.74, 6) is -3.79. The number of carboxylic acids is 2. The van der Waals surface area contributed by atoms with Crippen molar-refractivity contribution in [1.29, 1.82) is 0 Å². The summed E-state index contributed by atoms with van der Waals surface area (Å²) in [5, 5.41) is 16.3. The van der Waals surface area contributed by atoms with Crippen LogP contribution in [0.3, 0.4) is 0 Å². The molecule has 0 aromatic heterocycles. The molecule has 0 saturated carbocycles. The molecule has 0 unspecified atom stereocenters. The van der Waals surface area contributed by atoms with Crippen molar-refractivity contribution in [3.8, 4) is 0 Å². The summed E-state index contributed by atoms with van der Waals surface area (Å²) in [4.78, 5) is 20.0. The molecule has 0 rings (SSSR count). The number of hydrogen-bond acceptors (Lipinski definition) is 2. The van der Waals surface area contributed by atoms with Gasteiger partial charge in [0.05, 0.1) is 0 Å². The van der Waals surface area contributed by atoms with Gasteiger partial charge in [0.2, 0.25) is 0 Å². The zero-order valence-electron chi connectivity index (χ0n) is 6.47. The van der Waals surface area contributed by atoms with Crippen LogP contribution in [0.1, 0.15) is 13.3 Å². The van der Waals surface area contributed by atoms with E-state index in [0.717, 1.165) is 0 Å². The number of carbonyl (C=O) groups is 2. The first-order valence-corrected chi connectivity index (χ1v) is 2.55. The van der Waals surface area contributed by atoms with Gasteiger partial charge in [-0.05, 0) is 6.42 Å². The van der Waals surface area contributed by atoms with E-state index >= 15 is 0 Å². The van der Waals surface area contributed by atoms with E-state index in [9.17, 15) is 9.59 Å². The van der Waals surface area contributed by atoms with E-state index in [2.05, 4.69) is 0 Å². The number of carboxylic acid groups (broad SMARTS) is 2. The Bertz CT molecular complexity index is 127. The summed E-state index contributed by atoms with van der Waals surface area (Å²) in [7, 11) is 0. The minimum atomic E-state index is -1.27. The van der Waals surface area contributed by atoms with Crippen molar-refractivity contribution in [2.45, 2.75) is 13.3 Å². The fourth-order valence-electron chi connectivity index (χ4n) is 0.455. The van der Waals surface area contributed by atoms with Gasteiger partial charge in [0.15, 0.2) is 5.92 Å². The normalized spacial score (nSPS) is 7.17. The van der Waals surface area contributed by atoms with Crippen molar-refractivity contribution >= 4 is 11.9 Å². The molecule has 0 heterocycles. The van der Waals surface area contributed by atoms with E-state index in [1.807, 2.05) is 0 Å². The summed E-state index contributed by atoms with van der Waals surface area (Å²) >= 11 is 0. The minimum absolute atomic E-state index is 0. The third-order valence-corrected chi connectivity index (χ3v) is 1.00. The van der Waals surface area contributed by atoms with E-state index in [1.54, 1.807) is 0 Å². The molecule has 0 fully saturated rings. The van der Waals surface area contributed by atoms with Crippen LogP contribution in [-0.2, 0) is 30.7 Å². The maximum atomic E-state index is 9.99. The van der Waals surface area contributed by atoms with Crippen LogP contribution in [-0.4, -0.2) is 22.2 Å². The first-order chi connectivity index (χ1) is 4.09. The molecular formula is C5H12N2O4Pt. The average molecular weight is 359 g/mol. The summed E-state index contributed by atoms with van der Waals surface area (Å²) in [6.07, 6.45) is 0.130. The SMILES string of the molecule is CCC(C(=O)O)C(=O)O.[NH2-].[NH2-].[Pt+2]. The Balaban J connectivity index is -0.000000107. The summed E-state index contributed by atoms with van der Waals surface area (Å²) in [5.41, 5.74) is 0. The van der Waals surface area contributed by atoms with Crippen molar-refractivity contribution in [2.24, 2.45) is 5.92 Å². The molecule has 0 atom stereocenters. The van der Waals surface area contributed by atoms with Crippen molar-refractivity contribution in [1.82, 2.24) is 0 Å². The van der Waals surface area contributed by atoms with Gasteiger partial charge in [-0.15, -0.1) is 0 Å². The van der Waals surface area contributed by atoms with Crippen LogP contribution >= 0.6 is 0 Å². The summed E-state index contributed by atoms with van der Waals surface area (Å²) in [6.45, 7) is 1.52. The third kappa shape index (κ3) is 7.65. The first kappa shape index (κ1) is 22.6. The second kappa shape index (κ2) is 10.5. The van der Waals surface area contributed by atoms with Gasteiger partial charge in [-0.1, -0.05) is 6.92 Å². The van der Waals surface area contributed by atoms with Gasteiger partial charge in [0.1, 0.15) is 0 Å². The van der Waals surface area contributed by atoms with Gasteiger partial charge in [-0.3, -0.25) is 9.59 Å². The smallest absolute Gasteiger partial charge is 0.693 e. The first-order valence-electron chi connectivity index (χ1n) is 2.55. The largest absolute Gasteiger partial charge is 2.00 e. The van der Waals surface area contributed by atoms with E-state index in [1.165, 1.54) is 6.92 Å². The quantitative estimate of drug-likeness (QED) is 0.738. The van der Waals surface area contributed by atoms with Gasteiger partial charge < -0.3 is 22.5 Å². The Hall–Kier alpha value is -0.452. The van der Waals surface area contributed by atoms with Crippen LogP contribution in [0.4, 0.5) is 0 Å². The van der Waals surface area contributed by atoms with Crippen LogP contribution in [0.5, 0.6) is 0 Å². The molecule has 0 aliphatic rings. The van der Waals surface area contributed by atoms with Gasteiger partial charge in [-0.25, -0.2) is 0 Å². The molecule has 6 N–H and O–H groups in total. The van der Waals surface area contributed by atoms with Crippen molar-refractivity contribution < 1.29 is 40.9 Å². The van der Waals surface area contributed by atoms with Crippen LogP contribution < -0.4 is 0 Å². The van der Waals surface area contributed by atoms with Crippen LogP contribution in [0.2, 0.25) is 0 Å². The Morgan fingerprint density at radius 1 is 1.17 bits per heavy atom. The second-order valence-electron chi connectivity index (χ2n) is 1.64. The molecule has 0 spiro atoms. The van der Waals surface area contributed by atoms with Crippen molar-refractivity contribution in [3.05, 3.63) is 12.3 Å². The number of nitrogens with two attached hydrogens (primary N) is 2. The van der Waals surface area contributed by atoms with E-state index in [-0.39, 0.29) is 39.8 Å². The van der Waals surface area contributed by atoms with E-state index < -0.39 is 17.9 Å². The predicted molar refractivity (Wildman–Crippen MR) is 39.6 cm³/mol. The monoisotopic (exact) mass is 359 g/mol. The third-order valence-electron chi connectivity index (χ3n) is 1.00. The average Bonchev–Trinajstić information content (AvgIpc) is 1.64. The zero-order chi connectivity index (χ0) is 7.44. The maximum absolute atomic E-state index is 9.99. The molecule has 76 valence electrons. The molecule has 7 heteroatoms. The zero-order valence-corrected chi connectivity index (χ0v) is 8.74. The van der Waals surface area contributed by atoms with Crippen molar-refractivity contribution in [3.63, 3.8) is 0 Å². The fourth-order valence-corrected chi connectivity index (χ4v) is 0.455. The Morgan fingerprint density at radius 2 is 1.42 bits per heavy atom. The van der Waals surface area contributed by atoms with Gasteiger partial charge in [-0.2, -0.15) is 0 Å². The van der Waals surface area contributed by atoms with Gasteiger partial charge in [0.25, 0.3) is 0 Å². The Kier molecular flexibility index (Phi) is 19.8. The maximum Gasteiger partial charge on any atom is 2.00 e. The van der Waals surface area contributed by atoms with Crippen LogP contribution in [0, 0.1) is 5.92 Å². The van der Waals surface area contributed by atoms with E-state index in [0.29, 0.717) is 0 Å². The van der Waals surface area contributed by atoms with Crippen molar-refractivity contribution in [2.75, 3.05) is 0 Å². The van der Waals surface area contributed by atoms with Gasteiger partial charge >= 0.3 is 33.0 Å². The fraction of sp³-hybridized carbons (Fsp3) is 0.600. The standard InChI is InChI=1S/C5H8O4.2H2N.Pt/c1-2-3(4(6)7)5(8)9;;;/h3H,2H2,1H3,(H,6,7)(H,8,9);2*1H2;/q;2*-1;+2. The van der Waals surface area contributed by atoms with Crippen LogP contribution in [0.25, 0.3) is 12.3 Å². The Labute approximate surface area is 84.8 Å². The van der Waals surface area contributed by atoms with E-state index in [4.69, 9.17) is 10.2 Å². The molecule has 6 nitrogen and oxygen atoms in total. The van der Waals surface area contributed by atoms with Gasteiger partial charge in [0, 0.05) is 0 Å². The number of rotatable bonds is 3. The molecule has 0 bridgehead atoms. The summed E-state index contributed by atoms with van der Waals surface area (Å²) < 4.78 is 0. The molecule has 0 saturated heterocycles.